The van der Waals surface area contributed by atoms with Gasteiger partial charge in [0.2, 0.25) is 5.91 Å². The first kappa shape index (κ1) is 12.8. The van der Waals surface area contributed by atoms with Crippen LogP contribution in [-0.4, -0.2) is 26.1 Å². The van der Waals surface area contributed by atoms with Gasteiger partial charge >= 0.3 is 0 Å². The van der Waals surface area contributed by atoms with Gasteiger partial charge in [0.05, 0.1) is 17.1 Å². The standard InChI is InChI=1S/C10H9Cl2N5O/c1-17-9(14-15-16-17)5-10(18)13-8-4-6(11)2-3-7(8)12/h2-4H,5H2,1H3,(H,13,18). The second-order valence-electron chi connectivity index (χ2n) is 3.57. The fourth-order valence-corrected chi connectivity index (χ4v) is 1.67. The van der Waals surface area contributed by atoms with Crippen LogP contribution < -0.4 is 5.32 Å². The van der Waals surface area contributed by atoms with E-state index in [0.717, 1.165) is 0 Å². The van der Waals surface area contributed by atoms with Gasteiger partial charge < -0.3 is 5.32 Å². The molecule has 0 aliphatic heterocycles. The number of hydrogen-bond donors (Lipinski definition) is 1. The van der Waals surface area contributed by atoms with Crippen molar-refractivity contribution in [3.63, 3.8) is 0 Å². The number of rotatable bonds is 3. The number of nitrogens with zero attached hydrogens (tertiary/aromatic N) is 4. The molecule has 94 valence electrons. The molecule has 0 bridgehead atoms. The van der Waals surface area contributed by atoms with E-state index in [4.69, 9.17) is 23.2 Å². The van der Waals surface area contributed by atoms with Crippen LogP contribution in [0, 0.1) is 0 Å². The molecule has 0 unspecified atom stereocenters. The molecule has 18 heavy (non-hydrogen) atoms. The number of aromatic nitrogens is 4. The zero-order valence-corrected chi connectivity index (χ0v) is 10.9. The van der Waals surface area contributed by atoms with Crippen LogP contribution >= 0.6 is 23.2 Å². The fraction of sp³-hybridized carbons (Fsp3) is 0.200. The summed E-state index contributed by atoms with van der Waals surface area (Å²) in [7, 11) is 1.66. The minimum absolute atomic E-state index is 0.0618. The highest BCUT2D eigenvalue weighted by atomic mass is 35.5. The molecule has 0 spiro atoms. The van der Waals surface area contributed by atoms with Gasteiger partial charge in [-0.1, -0.05) is 23.2 Å². The number of hydrogen-bond acceptors (Lipinski definition) is 4. The van der Waals surface area contributed by atoms with Crippen molar-refractivity contribution < 1.29 is 4.79 Å². The van der Waals surface area contributed by atoms with Gasteiger partial charge in [-0.3, -0.25) is 4.79 Å². The molecule has 0 fully saturated rings. The Morgan fingerprint density at radius 3 is 2.89 bits per heavy atom. The Kier molecular flexibility index (Phi) is 3.78. The first-order valence-corrected chi connectivity index (χ1v) is 5.78. The van der Waals surface area contributed by atoms with Crippen molar-refractivity contribution in [1.82, 2.24) is 20.2 Å². The molecule has 1 N–H and O–H groups in total. The van der Waals surface area contributed by atoms with E-state index in [-0.39, 0.29) is 12.3 Å². The van der Waals surface area contributed by atoms with E-state index in [1.165, 1.54) is 4.68 Å². The molecule has 0 aliphatic carbocycles. The van der Waals surface area contributed by atoms with Crippen LogP contribution in [-0.2, 0) is 18.3 Å². The predicted molar refractivity (Wildman–Crippen MR) is 67.6 cm³/mol. The van der Waals surface area contributed by atoms with E-state index in [2.05, 4.69) is 20.8 Å². The van der Waals surface area contributed by atoms with Crippen LogP contribution in [0.15, 0.2) is 18.2 Å². The third-order valence-electron chi connectivity index (χ3n) is 2.23. The largest absolute Gasteiger partial charge is 0.324 e. The summed E-state index contributed by atoms with van der Waals surface area (Å²) in [5.41, 5.74) is 0.462. The van der Waals surface area contributed by atoms with E-state index in [1.54, 1.807) is 25.2 Å². The Bertz CT molecular complexity index is 583. The number of carbonyl (C=O) groups excluding carboxylic acids is 1. The molecule has 1 amide bonds. The lowest BCUT2D eigenvalue weighted by Crippen LogP contribution is -2.17. The van der Waals surface area contributed by atoms with Gasteiger partial charge in [0.15, 0.2) is 5.82 Å². The van der Waals surface area contributed by atoms with Crippen LogP contribution in [0.1, 0.15) is 5.82 Å². The lowest BCUT2D eigenvalue weighted by atomic mass is 10.3. The van der Waals surface area contributed by atoms with Gasteiger partial charge in [0.25, 0.3) is 0 Å². The Labute approximate surface area is 113 Å². The lowest BCUT2D eigenvalue weighted by molar-refractivity contribution is -0.115. The molecule has 0 saturated heterocycles. The average molecular weight is 286 g/mol. The number of anilines is 1. The Balaban J connectivity index is 2.08. The zero-order valence-electron chi connectivity index (χ0n) is 9.39. The van der Waals surface area contributed by atoms with Crippen molar-refractivity contribution in [1.29, 1.82) is 0 Å². The average Bonchev–Trinajstić information content (AvgIpc) is 2.70. The molecule has 0 saturated carbocycles. The highest BCUT2D eigenvalue weighted by Crippen LogP contribution is 2.25. The van der Waals surface area contributed by atoms with E-state index in [1.807, 2.05) is 0 Å². The molecule has 0 radical (unpaired) electrons. The van der Waals surface area contributed by atoms with E-state index >= 15 is 0 Å². The van der Waals surface area contributed by atoms with Crippen molar-refractivity contribution in [2.45, 2.75) is 6.42 Å². The normalized spacial score (nSPS) is 10.4. The van der Waals surface area contributed by atoms with Crippen LogP contribution in [0.2, 0.25) is 10.0 Å². The van der Waals surface area contributed by atoms with Gasteiger partial charge in [-0.15, -0.1) is 5.10 Å². The molecule has 8 heteroatoms. The van der Waals surface area contributed by atoms with Crippen molar-refractivity contribution in [3.05, 3.63) is 34.1 Å². The van der Waals surface area contributed by atoms with Crippen molar-refractivity contribution in [2.24, 2.45) is 7.05 Å². The number of benzene rings is 1. The van der Waals surface area contributed by atoms with Crippen LogP contribution in [0.25, 0.3) is 0 Å². The van der Waals surface area contributed by atoms with E-state index < -0.39 is 0 Å². The number of carbonyl (C=O) groups is 1. The summed E-state index contributed by atoms with van der Waals surface area (Å²) >= 11 is 11.8. The molecular formula is C10H9Cl2N5O. The Hall–Kier alpha value is -1.66. The maximum Gasteiger partial charge on any atom is 0.232 e. The Morgan fingerprint density at radius 1 is 1.44 bits per heavy atom. The number of amides is 1. The second-order valence-corrected chi connectivity index (χ2v) is 4.41. The first-order valence-electron chi connectivity index (χ1n) is 5.02. The maximum absolute atomic E-state index is 11.8. The van der Waals surface area contributed by atoms with Crippen molar-refractivity contribution >= 4 is 34.8 Å². The third-order valence-corrected chi connectivity index (χ3v) is 2.79. The molecule has 0 atom stereocenters. The van der Waals surface area contributed by atoms with Gasteiger partial charge in [-0.2, -0.15) is 0 Å². The summed E-state index contributed by atoms with van der Waals surface area (Å²) in [5.74, 6) is 0.197. The summed E-state index contributed by atoms with van der Waals surface area (Å²) in [6, 6.07) is 4.84. The predicted octanol–water partition coefficient (Wildman–Crippen LogP) is 1.70. The maximum atomic E-state index is 11.8. The topological polar surface area (TPSA) is 72.7 Å². The SMILES string of the molecule is Cn1nnnc1CC(=O)Nc1cc(Cl)ccc1Cl. The van der Waals surface area contributed by atoms with Crippen molar-refractivity contribution in [2.75, 3.05) is 5.32 Å². The molecule has 1 heterocycles. The van der Waals surface area contributed by atoms with Crippen LogP contribution in [0.5, 0.6) is 0 Å². The molecule has 0 aliphatic rings. The molecule has 1 aromatic carbocycles. The number of aryl methyl sites for hydroxylation is 1. The van der Waals surface area contributed by atoms with Gasteiger partial charge in [0.1, 0.15) is 0 Å². The number of tetrazole rings is 1. The molecule has 6 nitrogen and oxygen atoms in total. The number of nitrogens with one attached hydrogen (secondary N) is 1. The zero-order chi connectivity index (χ0) is 13.1. The third kappa shape index (κ3) is 2.96. The van der Waals surface area contributed by atoms with E-state index in [0.29, 0.717) is 21.6 Å². The minimum Gasteiger partial charge on any atom is -0.324 e. The fourth-order valence-electron chi connectivity index (χ4n) is 1.33. The molecule has 1 aromatic heterocycles. The summed E-state index contributed by atoms with van der Waals surface area (Å²) < 4.78 is 1.43. The first-order chi connectivity index (χ1) is 8.56. The highest BCUT2D eigenvalue weighted by Gasteiger charge is 2.11. The van der Waals surface area contributed by atoms with Gasteiger partial charge in [-0.05, 0) is 28.6 Å². The number of halogens is 2. The highest BCUT2D eigenvalue weighted by molar-refractivity contribution is 6.35. The minimum atomic E-state index is -0.267. The quantitative estimate of drug-likeness (QED) is 0.932. The second kappa shape index (κ2) is 5.32. The van der Waals surface area contributed by atoms with Gasteiger partial charge in [-0.25, -0.2) is 4.68 Å². The molecule has 2 aromatic rings. The summed E-state index contributed by atoms with van der Waals surface area (Å²) in [5, 5.41) is 14.4. The lowest BCUT2D eigenvalue weighted by Gasteiger charge is -2.06. The molecular weight excluding hydrogens is 277 g/mol. The van der Waals surface area contributed by atoms with Crippen LogP contribution in [0.4, 0.5) is 5.69 Å². The Morgan fingerprint density at radius 2 is 2.22 bits per heavy atom. The van der Waals surface area contributed by atoms with Crippen LogP contribution in [0.3, 0.4) is 0 Å². The monoisotopic (exact) mass is 285 g/mol. The summed E-state index contributed by atoms with van der Waals surface area (Å²) in [6.07, 6.45) is 0.0618. The summed E-state index contributed by atoms with van der Waals surface area (Å²) in [6.45, 7) is 0. The smallest absolute Gasteiger partial charge is 0.232 e. The summed E-state index contributed by atoms with van der Waals surface area (Å²) in [4.78, 5) is 11.8. The van der Waals surface area contributed by atoms with Gasteiger partial charge in [0, 0.05) is 12.1 Å². The van der Waals surface area contributed by atoms with E-state index in [9.17, 15) is 4.79 Å². The molecule has 2 rings (SSSR count). The van der Waals surface area contributed by atoms with Crippen molar-refractivity contribution in [3.8, 4) is 0 Å².